The Labute approximate surface area is 188 Å². The average molecular weight is 440 g/mol. The van der Waals surface area contributed by atoms with Gasteiger partial charge in [0.25, 0.3) is 5.56 Å². The van der Waals surface area contributed by atoms with Crippen LogP contribution >= 0.6 is 11.3 Å². The number of nitrogens with zero attached hydrogens (tertiary/aromatic N) is 3. The van der Waals surface area contributed by atoms with Crippen LogP contribution in [-0.4, -0.2) is 41.2 Å². The second-order valence-electron chi connectivity index (χ2n) is 8.53. The maximum atomic E-state index is 13.8. The van der Waals surface area contributed by atoms with Gasteiger partial charge in [-0.1, -0.05) is 39.0 Å². The van der Waals surface area contributed by atoms with Crippen molar-refractivity contribution in [1.82, 2.24) is 14.5 Å². The molecule has 1 aromatic carbocycles. The van der Waals surface area contributed by atoms with E-state index in [9.17, 15) is 4.79 Å². The Morgan fingerprint density at radius 1 is 1.26 bits per heavy atom. The van der Waals surface area contributed by atoms with Gasteiger partial charge in [0.15, 0.2) is 0 Å². The molecule has 0 aliphatic heterocycles. The second-order valence-corrected chi connectivity index (χ2v) is 9.62. The zero-order chi connectivity index (χ0) is 22.0. The zero-order valence-corrected chi connectivity index (χ0v) is 19.9. The highest BCUT2D eigenvalue weighted by atomic mass is 32.1. The van der Waals surface area contributed by atoms with Gasteiger partial charge in [0.05, 0.1) is 12.5 Å². The Morgan fingerprint density at radius 3 is 2.77 bits per heavy atom. The number of aryl methyl sites for hydroxylation is 1. The fraction of sp³-hybridized carbons (Fsp3) is 0.520. The normalized spacial score (nSPS) is 16.1. The minimum absolute atomic E-state index is 0.133. The summed E-state index contributed by atoms with van der Waals surface area (Å²) in [6.07, 6.45) is 3.81. The number of aromatic nitrogens is 2. The number of para-hydroxylation sites is 1. The third kappa shape index (κ3) is 4.41. The van der Waals surface area contributed by atoms with Crippen LogP contribution < -0.4 is 10.3 Å². The standard InChI is InChI=1S/C25H33N3O2S/c1-5-27(6-2)13-14-28-22(16-18-9-7-8-10-20(18)30-4)26-24-23(25(28)29)19-12-11-17(3)15-21(19)31-24/h7-10,17H,5-6,11-16H2,1-4H3. The summed E-state index contributed by atoms with van der Waals surface area (Å²) in [5.41, 5.74) is 2.45. The SMILES string of the molecule is CCN(CC)CCn1c(Cc2ccccc2OC)nc2sc3c(c2c1=O)CCC(C)C3. The third-order valence-electron chi connectivity index (χ3n) is 6.57. The van der Waals surface area contributed by atoms with Gasteiger partial charge in [-0.05, 0) is 49.9 Å². The number of benzene rings is 1. The summed E-state index contributed by atoms with van der Waals surface area (Å²) < 4.78 is 7.49. The molecule has 0 N–H and O–H groups in total. The van der Waals surface area contributed by atoms with Crippen molar-refractivity contribution < 1.29 is 4.74 Å². The number of hydrogen-bond donors (Lipinski definition) is 0. The quantitative estimate of drug-likeness (QED) is 0.518. The topological polar surface area (TPSA) is 47.4 Å². The minimum atomic E-state index is 0.133. The molecule has 0 spiro atoms. The van der Waals surface area contributed by atoms with E-state index in [2.05, 4.69) is 31.7 Å². The molecular weight excluding hydrogens is 406 g/mol. The van der Waals surface area contributed by atoms with Crippen LogP contribution in [0.15, 0.2) is 29.1 Å². The molecule has 3 aromatic rings. The molecule has 1 aliphatic rings. The van der Waals surface area contributed by atoms with Crippen molar-refractivity contribution in [3.8, 4) is 5.75 Å². The lowest BCUT2D eigenvalue weighted by atomic mass is 9.89. The first-order chi connectivity index (χ1) is 15.0. The van der Waals surface area contributed by atoms with Crippen LogP contribution in [0.4, 0.5) is 0 Å². The highest BCUT2D eigenvalue weighted by Crippen LogP contribution is 2.36. The molecule has 4 rings (SSSR count). The molecule has 0 fully saturated rings. The molecule has 1 unspecified atom stereocenters. The number of rotatable bonds is 8. The Kier molecular flexibility index (Phi) is 6.77. The van der Waals surface area contributed by atoms with Gasteiger partial charge in [-0.15, -0.1) is 11.3 Å². The molecule has 2 heterocycles. The molecule has 2 aromatic heterocycles. The van der Waals surface area contributed by atoms with E-state index >= 15 is 0 Å². The third-order valence-corrected chi connectivity index (χ3v) is 7.72. The second kappa shape index (κ2) is 9.53. The van der Waals surface area contributed by atoms with Gasteiger partial charge in [0.2, 0.25) is 0 Å². The van der Waals surface area contributed by atoms with Crippen molar-refractivity contribution in [2.45, 2.75) is 53.0 Å². The molecule has 6 heteroatoms. The summed E-state index contributed by atoms with van der Waals surface area (Å²) in [6, 6.07) is 8.02. The van der Waals surface area contributed by atoms with Crippen LogP contribution in [0.3, 0.4) is 0 Å². The summed E-state index contributed by atoms with van der Waals surface area (Å²) >= 11 is 1.73. The van der Waals surface area contributed by atoms with Gasteiger partial charge in [-0.2, -0.15) is 0 Å². The molecule has 31 heavy (non-hydrogen) atoms. The van der Waals surface area contributed by atoms with E-state index in [0.29, 0.717) is 18.9 Å². The predicted molar refractivity (Wildman–Crippen MR) is 129 cm³/mol. The van der Waals surface area contributed by atoms with E-state index in [0.717, 1.165) is 66.3 Å². The average Bonchev–Trinajstić information content (AvgIpc) is 3.13. The number of thiophene rings is 1. The zero-order valence-electron chi connectivity index (χ0n) is 19.1. The molecule has 0 amide bonds. The number of hydrogen-bond acceptors (Lipinski definition) is 5. The summed E-state index contributed by atoms with van der Waals surface area (Å²) in [6.45, 7) is 10.1. The first kappa shape index (κ1) is 22.0. The monoisotopic (exact) mass is 439 g/mol. The maximum Gasteiger partial charge on any atom is 0.262 e. The fourth-order valence-corrected chi connectivity index (χ4v) is 6.02. The van der Waals surface area contributed by atoms with Crippen LogP contribution in [0.25, 0.3) is 10.2 Å². The van der Waals surface area contributed by atoms with Crippen LogP contribution in [-0.2, 0) is 25.8 Å². The van der Waals surface area contributed by atoms with E-state index in [4.69, 9.17) is 9.72 Å². The van der Waals surface area contributed by atoms with Crippen LogP contribution in [0.2, 0.25) is 0 Å². The van der Waals surface area contributed by atoms with E-state index in [1.54, 1.807) is 18.4 Å². The summed E-state index contributed by atoms with van der Waals surface area (Å²) in [5.74, 6) is 2.35. The van der Waals surface area contributed by atoms with Crippen LogP contribution in [0.5, 0.6) is 5.75 Å². The fourth-order valence-electron chi connectivity index (χ4n) is 4.63. The van der Waals surface area contributed by atoms with Gasteiger partial charge < -0.3 is 9.64 Å². The number of likely N-dealkylation sites (N-methyl/N-ethyl adjacent to an activating group) is 1. The van der Waals surface area contributed by atoms with E-state index in [-0.39, 0.29) is 5.56 Å². The molecule has 0 saturated carbocycles. The Bertz CT molecular complexity index is 1110. The largest absolute Gasteiger partial charge is 0.496 e. The number of ether oxygens (including phenoxy) is 1. The van der Waals surface area contributed by atoms with Gasteiger partial charge >= 0.3 is 0 Å². The maximum absolute atomic E-state index is 13.8. The number of fused-ring (bicyclic) bond motifs is 3. The Balaban J connectivity index is 1.82. The first-order valence-corrected chi connectivity index (χ1v) is 12.3. The van der Waals surface area contributed by atoms with Crippen molar-refractivity contribution in [3.05, 3.63) is 56.4 Å². The molecule has 0 radical (unpaired) electrons. The van der Waals surface area contributed by atoms with Gasteiger partial charge in [0.1, 0.15) is 16.4 Å². The first-order valence-electron chi connectivity index (χ1n) is 11.4. The van der Waals surface area contributed by atoms with Crippen LogP contribution in [0, 0.1) is 5.92 Å². The highest BCUT2D eigenvalue weighted by Gasteiger charge is 2.25. The Hall–Kier alpha value is -2.18. The van der Waals surface area contributed by atoms with E-state index in [1.165, 1.54) is 10.4 Å². The summed E-state index contributed by atoms with van der Waals surface area (Å²) in [4.78, 5) is 23.5. The van der Waals surface area contributed by atoms with Crippen molar-refractivity contribution in [3.63, 3.8) is 0 Å². The molecule has 0 saturated heterocycles. The molecule has 5 nitrogen and oxygen atoms in total. The van der Waals surface area contributed by atoms with Crippen molar-refractivity contribution in [1.29, 1.82) is 0 Å². The molecule has 1 atom stereocenters. The Morgan fingerprint density at radius 2 is 2.03 bits per heavy atom. The van der Waals surface area contributed by atoms with Crippen molar-refractivity contribution >= 4 is 21.6 Å². The molecule has 166 valence electrons. The lowest BCUT2D eigenvalue weighted by Gasteiger charge is -2.21. The predicted octanol–water partition coefficient (Wildman–Crippen LogP) is 4.52. The highest BCUT2D eigenvalue weighted by molar-refractivity contribution is 7.18. The van der Waals surface area contributed by atoms with Crippen LogP contribution in [0.1, 0.15) is 49.0 Å². The summed E-state index contributed by atoms with van der Waals surface area (Å²) in [7, 11) is 1.69. The lowest BCUT2D eigenvalue weighted by Crippen LogP contribution is -2.33. The summed E-state index contributed by atoms with van der Waals surface area (Å²) in [5, 5.41) is 0.871. The number of methoxy groups -OCH3 is 1. The lowest BCUT2D eigenvalue weighted by molar-refractivity contribution is 0.287. The molecule has 1 aliphatic carbocycles. The van der Waals surface area contributed by atoms with Gasteiger partial charge in [-0.25, -0.2) is 4.98 Å². The smallest absolute Gasteiger partial charge is 0.262 e. The van der Waals surface area contributed by atoms with E-state index in [1.807, 2.05) is 22.8 Å². The van der Waals surface area contributed by atoms with E-state index < -0.39 is 0 Å². The molecular formula is C25H33N3O2S. The molecule has 0 bridgehead atoms. The van der Waals surface area contributed by atoms with Crippen molar-refractivity contribution in [2.75, 3.05) is 26.7 Å². The van der Waals surface area contributed by atoms with Crippen molar-refractivity contribution in [2.24, 2.45) is 5.92 Å². The minimum Gasteiger partial charge on any atom is -0.496 e. The van der Waals surface area contributed by atoms with Gasteiger partial charge in [0, 0.05) is 30.0 Å². The van der Waals surface area contributed by atoms with Gasteiger partial charge in [-0.3, -0.25) is 9.36 Å².